The van der Waals surface area contributed by atoms with Crippen molar-refractivity contribution >= 4 is 5.69 Å². The molecule has 0 bridgehead atoms. The average Bonchev–Trinajstić information content (AvgIpc) is 2.39. The quantitative estimate of drug-likeness (QED) is 0.867. The molecule has 1 atom stereocenters. The van der Waals surface area contributed by atoms with Gasteiger partial charge in [-0.2, -0.15) is 0 Å². The van der Waals surface area contributed by atoms with Crippen LogP contribution < -0.4 is 10.1 Å². The van der Waals surface area contributed by atoms with Crippen molar-refractivity contribution in [2.24, 2.45) is 0 Å². The number of hydrogen-bond acceptors (Lipinski definition) is 3. The van der Waals surface area contributed by atoms with Crippen molar-refractivity contribution in [1.29, 1.82) is 0 Å². The minimum absolute atomic E-state index is 0.524. The fraction of sp³-hybridized carbons (Fsp3) is 0.571. The Morgan fingerprint density at radius 1 is 1.35 bits per heavy atom. The van der Waals surface area contributed by atoms with Crippen LogP contribution in [-0.2, 0) is 0 Å². The van der Waals surface area contributed by atoms with Crippen LogP contribution in [0.15, 0.2) is 18.2 Å². The van der Waals surface area contributed by atoms with Gasteiger partial charge in [0, 0.05) is 12.6 Å². The van der Waals surface area contributed by atoms with Gasteiger partial charge in [-0.1, -0.05) is 26.0 Å². The van der Waals surface area contributed by atoms with Gasteiger partial charge in [0.05, 0.1) is 12.8 Å². The number of nitrogens with zero attached hydrogens (tertiary/aromatic N) is 1. The van der Waals surface area contributed by atoms with Crippen molar-refractivity contribution in [2.75, 3.05) is 32.1 Å². The summed E-state index contributed by atoms with van der Waals surface area (Å²) in [7, 11) is 1.73. The lowest BCUT2D eigenvalue weighted by atomic mass is 9.96. The zero-order chi connectivity index (χ0) is 12.3. The molecule has 1 aromatic carbocycles. The Morgan fingerprint density at radius 3 is 2.76 bits per heavy atom. The second-order valence-electron chi connectivity index (χ2n) is 4.38. The Bertz CT molecular complexity index is 374. The van der Waals surface area contributed by atoms with Gasteiger partial charge in [-0.15, -0.1) is 0 Å². The van der Waals surface area contributed by atoms with Crippen molar-refractivity contribution in [3.05, 3.63) is 23.8 Å². The summed E-state index contributed by atoms with van der Waals surface area (Å²) in [6, 6.07) is 6.85. The predicted octanol–water partition coefficient (Wildman–Crippen LogP) is 2.89. The first kappa shape index (κ1) is 12.2. The summed E-state index contributed by atoms with van der Waals surface area (Å²) in [6.07, 6.45) is 1.17. The van der Waals surface area contributed by atoms with E-state index in [1.54, 1.807) is 7.11 Å². The van der Waals surface area contributed by atoms with Crippen LogP contribution in [0.4, 0.5) is 5.69 Å². The number of ether oxygens (including phenoxy) is 1. The van der Waals surface area contributed by atoms with Gasteiger partial charge in [0.25, 0.3) is 0 Å². The number of nitrogens with one attached hydrogen (secondary N) is 1. The normalized spacial score (nSPS) is 18.7. The molecule has 2 rings (SSSR count). The minimum atomic E-state index is 0.524. The van der Waals surface area contributed by atoms with E-state index >= 15 is 0 Å². The number of para-hydroxylation sites is 1. The van der Waals surface area contributed by atoms with Crippen molar-refractivity contribution in [3.8, 4) is 5.75 Å². The Labute approximate surface area is 104 Å². The number of rotatable bonds is 4. The first-order valence-corrected chi connectivity index (χ1v) is 6.46. The number of methoxy groups -OCH3 is 1. The summed E-state index contributed by atoms with van der Waals surface area (Å²) >= 11 is 0. The average molecular weight is 234 g/mol. The zero-order valence-corrected chi connectivity index (χ0v) is 11.0. The van der Waals surface area contributed by atoms with Gasteiger partial charge >= 0.3 is 0 Å². The van der Waals surface area contributed by atoms with Crippen molar-refractivity contribution in [2.45, 2.75) is 26.3 Å². The minimum Gasteiger partial charge on any atom is -0.495 e. The second-order valence-corrected chi connectivity index (χ2v) is 4.38. The first-order valence-electron chi connectivity index (χ1n) is 6.46. The van der Waals surface area contributed by atoms with E-state index in [0.717, 1.165) is 25.4 Å². The molecule has 0 amide bonds. The maximum atomic E-state index is 5.43. The maximum Gasteiger partial charge on any atom is 0.142 e. The highest BCUT2D eigenvalue weighted by molar-refractivity contribution is 5.64. The monoisotopic (exact) mass is 234 g/mol. The molecule has 94 valence electrons. The molecule has 0 aliphatic carbocycles. The molecule has 1 aliphatic rings. The van der Waals surface area contributed by atoms with Gasteiger partial charge in [-0.25, -0.2) is 0 Å². The summed E-state index contributed by atoms with van der Waals surface area (Å²) in [4.78, 5) is 2.51. The summed E-state index contributed by atoms with van der Waals surface area (Å²) in [6.45, 7) is 7.67. The van der Waals surface area contributed by atoms with Crippen LogP contribution in [0.5, 0.6) is 5.75 Å². The van der Waals surface area contributed by atoms with Crippen LogP contribution in [0, 0.1) is 0 Å². The highest BCUT2D eigenvalue weighted by Crippen LogP contribution is 2.39. The van der Waals surface area contributed by atoms with E-state index in [1.807, 2.05) is 6.07 Å². The van der Waals surface area contributed by atoms with E-state index in [4.69, 9.17) is 4.74 Å². The third-order valence-corrected chi connectivity index (χ3v) is 3.61. The summed E-state index contributed by atoms with van der Waals surface area (Å²) in [5, 5.41) is 3.46. The fourth-order valence-corrected chi connectivity index (χ4v) is 2.72. The molecule has 1 N–H and O–H groups in total. The third-order valence-electron chi connectivity index (χ3n) is 3.61. The highest BCUT2D eigenvalue weighted by Gasteiger charge is 2.25. The van der Waals surface area contributed by atoms with Crippen LogP contribution in [0.2, 0.25) is 0 Å². The number of hydrogen-bond donors (Lipinski definition) is 1. The van der Waals surface area contributed by atoms with Crippen molar-refractivity contribution in [1.82, 2.24) is 4.90 Å². The molecular formula is C14H22N2O. The lowest BCUT2D eigenvalue weighted by molar-refractivity contribution is 0.208. The van der Waals surface area contributed by atoms with Crippen LogP contribution in [0.1, 0.15) is 31.9 Å². The Hall–Kier alpha value is -1.22. The van der Waals surface area contributed by atoms with Crippen LogP contribution >= 0.6 is 0 Å². The van der Waals surface area contributed by atoms with E-state index < -0.39 is 0 Å². The fourth-order valence-electron chi connectivity index (χ4n) is 2.72. The van der Waals surface area contributed by atoms with Crippen LogP contribution in [-0.4, -0.2) is 31.6 Å². The second kappa shape index (κ2) is 5.41. The van der Waals surface area contributed by atoms with Gasteiger partial charge in [0.2, 0.25) is 0 Å². The van der Waals surface area contributed by atoms with E-state index in [0.29, 0.717) is 6.04 Å². The van der Waals surface area contributed by atoms with Crippen molar-refractivity contribution in [3.63, 3.8) is 0 Å². The smallest absolute Gasteiger partial charge is 0.142 e. The van der Waals surface area contributed by atoms with E-state index in [-0.39, 0.29) is 0 Å². The zero-order valence-electron chi connectivity index (χ0n) is 11.0. The number of anilines is 1. The standard InChI is InChI=1S/C14H22N2O/c1-4-16(5-2)12-9-10-15-14-11(12)7-6-8-13(14)17-3/h6-8,12,15H,4-5,9-10H2,1-3H3. The summed E-state index contributed by atoms with van der Waals surface area (Å²) in [5.74, 6) is 0.958. The highest BCUT2D eigenvalue weighted by atomic mass is 16.5. The summed E-state index contributed by atoms with van der Waals surface area (Å²) < 4.78 is 5.43. The van der Waals surface area contributed by atoms with Gasteiger partial charge in [-0.05, 0) is 31.1 Å². The molecule has 1 unspecified atom stereocenters. The molecule has 0 saturated heterocycles. The van der Waals surface area contributed by atoms with Gasteiger partial charge in [0.1, 0.15) is 5.75 Å². The molecule has 3 heteroatoms. The predicted molar refractivity (Wildman–Crippen MR) is 71.8 cm³/mol. The Balaban J connectivity index is 2.37. The maximum absolute atomic E-state index is 5.43. The SMILES string of the molecule is CCN(CC)C1CCNc2c(OC)cccc21. The van der Waals surface area contributed by atoms with Gasteiger partial charge in [-0.3, -0.25) is 4.90 Å². The van der Waals surface area contributed by atoms with E-state index in [1.165, 1.54) is 17.7 Å². The van der Waals surface area contributed by atoms with Gasteiger partial charge < -0.3 is 10.1 Å². The molecule has 0 spiro atoms. The van der Waals surface area contributed by atoms with Gasteiger partial charge in [0.15, 0.2) is 0 Å². The molecule has 1 aliphatic heterocycles. The molecular weight excluding hydrogens is 212 g/mol. The third kappa shape index (κ3) is 2.25. The molecule has 0 fully saturated rings. The molecule has 0 saturated carbocycles. The topological polar surface area (TPSA) is 24.5 Å². The largest absolute Gasteiger partial charge is 0.495 e. The number of fused-ring (bicyclic) bond motifs is 1. The van der Waals surface area contributed by atoms with Crippen LogP contribution in [0.3, 0.4) is 0 Å². The molecule has 0 radical (unpaired) electrons. The molecule has 0 aromatic heterocycles. The molecule has 1 aromatic rings. The lowest BCUT2D eigenvalue weighted by Gasteiger charge is -2.35. The van der Waals surface area contributed by atoms with Crippen LogP contribution in [0.25, 0.3) is 0 Å². The summed E-state index contributed by atoms with van der Waals surface area (Å²) in [5.41, 5.74) is 2.55. The van der Waals surface area contributed by atoms with E-state index in [2.05, 4.69) is 36.2 Å². The first-order chi connectivity index (χ1) is 8.31. The Kier molecular flexibility index (Phi) is 3.89. The number of benzene rings is 1. The lowest BCUT2D eigenvalue weighted by Crippen LogP contribution is -2.33. The molecule has 17 heavy (non-hydrogen) atoms. The molecule has 3 nitrogen and oxygen atoms in total. The molecule has 1 heterocycles. The van der Waals surface area contributed by atoms with Crippen molar-refractivity contribution < 1.29 is 4.74 Å². The Morgan fingerprint density at radius 2 is 2.12 bits per heavy atom. The van der Waals surface area contributed by atoms with E-state index in [9.17, 15) is 0 Å².